The molecular weight excluding hydrogens is 506 g/mol. The molecule has 0 unspecified atom stereocenters. The van der Waals surface area contributed by atoms with E-state index < -0.39 is 16.1 Å². The van der Waals surface area contributed by atoms with Gasteiger partial charge in [-0.05, 0) is 49.9 Å². The van der Waals surface area contributed by atoms with E-state index in [2.05, 4.69) is 5.32 Å². The van der Waals surface area contributed by atoms with Gasteiger partial charge in [-0.25, -0.2) is 8.42 Å². The number of fused-ring (bicyclic) bond motifs is 1. The number of rotatable bonds is 13. The highest BCUT2D eigenvalue weighted by Crippen LogP contribution is 2.34. The lowest BCUT2D eigenvalue weighted by atomic mass is 10.1. The Bertz CT molecular complexity index is 1220. The van der Waals surface area contributed by atoms with Gasteiger partial charge < -0.3 is 19.7 Å². The minimum atomic E-state index is -3.61. The van der Waals surface area contributed by atoms with E-state index in [0.717, 1.165) is 30.2 Å². The predicted molar refractivity (Wildman–Crippen MR) is 148 cm³/mol. The zero-order valence-electron chi connectivity index (χ0n) is 22.7. The maximum absolute atomic E-state index is 13.4. The van der Waals surface area contributed by atoms with Crippen LogP contribution in [0.2, 0.25) is 0 Å². The molecule has 0 saturated carbocycles. The Morgan fingerprint density at radius 2 is 1.76 bits per heavy atom. The lowest BCUT2D eigenvalue weighted by molar-refractivity contribution is -0.140. The number of nitrogens with one attached hydrogen (secondary N) is 1. The molecule has 1 aliphatic rings. The lowest BCUT2D eigenvalue weighted by Gasteiger charge is -2.30. The summed E-state index contributed by atoms with van der Waals surface area (Å²) in [5.74, 6) is 0.656. The first-order valence-corrected chi connectivity index (χ1v) is 15.0. The number of anilines is 1. The number of sulfonamides is 1. The Morgan fingerprint density at radius 3 is 2.45 bits per heavy atom. The molecule has 0 spiro atoms. The van der Waals surface area contributed by atoms with E-state index in [1.807, 2.05) is 38.1 Å². The Labute approximate surface area is 226 Å². The van der Waals surface area contributed by atoms with E-state index in [1.54, 1.807) is 30.0 Å². The Hall–Kier alpha value is -3.27. The highest BCUT2D eigenvalue weighted by Gasteiger charge is 2.27. The first kappa shape index (κ1) is 29.3. The predicted octanol–water partition coefficient (Wildman–Crippen LogP) is 3.65. The zero-order chi connectivity index (χ0) is 27.7. The van der Waals surface area contributed by atoms with Gasteiger partial charge in [0.25, 0.3) is 0 Å². The highest BCUT2D eigenvalue weighted by molar-refractivity contribution is 7.92. The Balaban J connectivity index is 1.72. The zero-order valence-corrected chi connectivity index (χ0v) is 23.6. The van der Waals surface area contributed by atoms with Gasteiger partial charge in [0.1, 0.15) is 19.3 Å². The van der Waals surface area contributed by atoms with E-state index in [-0.39, 0.29) is 31.2 Å². The van der Waals surface area contributed by atoms with Crippen LogP contribution in [-0.2, 0) is 26.2 Å². The molecule has 1 heterocycles. The summed E-state index contributed by atoms with van der Waals surface area (Å²) in [6.07, 6.45) is 3.34. The van der Waals surface area contributed by atoms with Gasteiger partial charge in [-0.1, -0.05) is 37.6 Å². The maximum Gasteiger partial charge on any atom is 0.242 e. The van der Waals surface area contributed by atoms with Crippen molar-refractivity contribution in [2.45, 2.75) is 59.0 Å². The molecule has 0 bridgehead atoms. The number of hydrogen-bond donors (Lipinski definition) is 1. The smallest absolute Gasteiger partial charge is 0.242 e. The molecule has 0 fully saturated rings. The minimum absolute atomic E-state index is 0.0923. The van der Waals surface area contributed by atoms with E-state index in [9.17, 15) is 18.0 Å². The number of unbranched alkanes of at least 4 members (excludes halogenated alkanes) is 1. The maximum atomic E-state index is 13.4. The SMILES string of the molecule is CCCCNC(=O)[C@H](C)N(Cc1ccccc1C)C(=O)CCCN(c1ccc2c(c1)OCCO2)S(C)(=O)=O. The summed E-state index contributed by atoms with van der Waals surface area (Å²) >= 11 is 0. The van der Waals surface area contributed by atoms with Crippen molar-refractivity contribution in [3.8, 4) is 11.5 Å². The van der Waals surface area contributed by atoms with E-state index >= 15 is 0 Å². The third-order valence-electron chi connectivity index (χ3n) is 6.56. The second-order valence-corrected chi connectivity index (χ2v) is 11.4. The molecule has 2 aromatic rings. The first-order chi connectivity index (χ1) is 18.1. The highest BCUT2D eigenvalue weighted by atomic mass is 32.2. The van der Waals surface area contributed by atoms with Crippen LogP contribution in [0.4, 0.5) is 5.69 Å². The summed E-state index contributed by atoms with van der Waals surface area (Å²) in [6.45, 7) is 7.56. The fourth-order valence-corrected chi connectivity index (χ4v) is 5.24. The van der Waals surface area contributed by atoms with Crippen LogP contribution in [0, 0.1) is 6.92 Å². The van der Waals surface area contributed by atoms with Gasteiger partial charge in [0.05, 0.1) is 11.9 Å². The molecule has 1 aliphatic heterocycles. The van der Waals surface area contributed by atoms with Crippen molar-refractivity contribution in [3.05, 3.63) is 53.6 Å². The third kappa shape index (κ3) is 7.86. The van der Waals surface area contributed by atoms with Crippen LogP contribution in [0.5, 0.6) is 11.5 Å². The first-order valence-electron chi connectivity index (χ1n) is 13.1. The second kappa shape index (κ2) is 13.5. The Morgan fingerprint density at radius 1 is 1.05 bits per heavy atom. The summed E-state index contributed by atoms with van der Waals surface area (Å²) in [4.78, 5) is 27.9. The number of hydrogen-bond acceptors (Lipinski definition) is 6. The van der Waals surface area contributed by atoms with Gasteiger partial charge in [0, 0.05) is 32.1 Å². The normalized spacial score (nSPS) is 13.5. The van der Waals surface area contributed by atoms with Gasteiger partial charge in [0.15, 0.2) is 11.5 Å². The summed E-state index contributed by atoms with van der Waals surface area (Å²) in [5, 5.41) is 2.92. The van der Waals surface area contributed by atoms with E-state index in [1.165, 1.54) is 4.31 Å². The van der Waals surface area contributed by atoms with Crippen LogP contribution < -0.4 is 19.1 Å². The van der Waals surface area contributed by atoms with Crippen molar-refractivity contribution in [2.24, 2.45) is 0 Å². The largest absolute Gasteiger partial charge is 0.486 e. The minimum Gasteiger partial charge on any atom is -0.486 e. The number of benzene rings is 2. The number of ether oxygens (including phenoxy) is 2. The number of aryl methyl sites for hydroxylation is 1. The van der Waals surface area contributed by atoms with Gasteiger partial charge in [-0.2, -0.15) is 0 Å². The molecule has 10 heteroatoms. The van der Waals surface area contributed by atoms with E-state index in [4.69, 9.17) is 9.47 Å². The molecule has 1 atom stereocenters. The number of amides is 2. The van der Waals surface area contributed by atoms with Crippen molar-refractivity contribution >= 4 is 27.5 Å². The molecule has 2 aromatic carbocycles. The monoisotopic (exact) mass is 545 g/mol. The number of carbonyl (C=O) groups is 2. The molecule has 0 aromatic heterocycles. The average Bonchev–Trinajstić information content (AvgIpc) is 2.89. The van der Waals surface area contributed by atoms with Crippen LogP contribution in [0.15, 0.2) is 42.5 Å². The standard InChI is InChI=1S/C28H39N3O6S/c1-5-6-15-29-28(33)22(3)30(20-23-11-8-7-10-21(23)2)27(32)12-9-16-31(38(4,34)35)24-13-14-25-26(19-24)37-18-17-36-25/h7-8,10-11,13-14,19,22H,5-6,9,12,15-18,20H2,1-4H3,(H,29,33)/t22-/m0/s1. The summed E-state index contributed by atoms with van der Waals surface area (Å²) in [5.41, 5.74) is 2.44. The summed E-state index contributed by atoms with van der Waals surface area (Å²) in [7, 11) is -3.61. The van der Waals surface area contributed by atoms with Crippen LogP contribution in [0.3, 0.4) is 0 Å². The fourth-order valence-electron chi connectivity index (χ4n) is 4.28. The lowest BCUT2D eigenvalue weighted by Crippen LogP contribution is -2.48. The van der Waals surface area contributed by atoms with Crippen LogP contribution in [-0.4, -0.2) is 63.7 Å². The topological polar surface area (TPSA) is 105 Å². The van der Waals surface area contributed by atoms with Crippen LogP contribution >= 0.6 is 0 Å². The molecule has 2 amide bonds. The molecule has 0 radical (unpaired) electrons. The molecular formula is C28H39N3O6S. The van der Waals surface area contributed by atoms with Crippen molar-refractivity contribution in [1.82, 2.24) is 10.2 Å². The van der Waals surface area contributed by atoms with Gasteiger partial charge in [-0.3, -0.25) is 13.9 Å². The third-order valence-corrected chi connectivity index (χ3v) is 7.76. The fraction of sp³-hybridized carbons (Fsp3) is 0.500. The van der Waals surface area contributed by atoms with Crippen molar-refractivity contribution in [1.29, 1.82) is 0 Å². The molecule has 1 N–H and O–H groups in total. The van der Waals surface area contributed by atoms with Crippen molar-refractivity contribution < 1.29 is 27.5 Å². The van der Waals surface area contributed by atoms with Crippen LogP contribution in [0.1, 0.15) is 50.7 Å². The molecule has 0 aliphatic carbocycles. The summed E-state index contributed by atoms with van der Waals surface area (Å²) in [6, 6.07) is 12.1. The molecule has 0 saturated heterocycles. The average molecular weight is 546 g/mol. The molecule has 9 nitrogen and oxygen atoms in total. The Kier molecular flexibility index (Phi) is 10.4. The number of carbonyl (C=O) groups excluding carboxylic acids is 2. The molecule has 38 heavy (non-hydrogen) atoms. The quantitative estimate of drug-likeness (QED) is 0.385. The van der Waals surface area contributed by atoms with Gasteiger partial charge in [0.2, 0.25) is 21.8 Å². The van der Waals surface area contributed by atoms with Crippen molar-refractivity contribution in [3.63, 3.8) is 0 Å². The van der Waals surface area contributed by atoms with E-state index in [0.29, 0.717) is 43.5 Å². The van der Waals surface area contributed by atoms with Gasteiger partial charge in [-0.15, -0.1) is 0 Å². The molecule has 3 rings (SSSR count). The molecule has 208 valence electrons. The van der Waals surface area contributed by atoms with Gasteiger partial charge >= 0.3 is 0 Å². The second-order valence-electron chi connectivity index (χ2n) is 9.54. The van der Waals surface area contributed by atoms with Crippen LogP contribution in [0.25, 0.3) is 0 Å². The summed E-state index contributed by atoms with van der Waals surface area (Å²) < 4.78 is 37.6. The number of nitrogens with zero attached hydrogens (tertiary/aromatic N) is 2. The van der Waals surface area contributed by atoms with Crippen molar-refractivity contribution in [2.75, 3.05) is 36.9 Å².